The average molecular weight is 262 g/mol. The first-order chi connectivity index (χ1) is 9.08. The molecular weight excluding hydrogens is 236 g/mol. The molecule has 3 N–H and O–H groups in total. The molecule has 1 amide bonds. The van der Waals surface area contributed by atoms with Gasteiger partial charge in [0.05, 0.1) is 5.92 Å². The van der Waals surface area contributed by atoms with Gasteiger partial charge in [0, 0.05) is 12.6 Å². The van der Waals surface area contributed by atoms with Gasteiger partial charge >= 0.3 is 0 Å². The molecule has 1 aromatic rings. The summed E-state index contributed by atoms with van der Waals surface area (Å²) in [4.78, 5) is 12.1. The lowest BCUT2D eigenvalue weighted by Gasteiger charge is -2.19. The number of rotatable bonds is 7. The number of nitrogens with two attached hydrogens (primary N) is 1. The number of carbonyl (C=O) groups excluding carboxylic acids is 1. The predicted octanol–water partition coefficient (Wildman–Crippen LogP) is 2.42. The first-order valence-electron chi connectivity index (χ1n) is 7.13. The highest BCUT2D eigenvalue weighted by Gasteiger charge is 2.17. The van der Waals surface area contributed by atoms with Crippen molar-refractivity contribution in [3.63, 3.8) is 0 Å². The Hall–Kier alpha value is -1.35. The molecule has 2 unspecified atom stereocenters. The summed E-state index contributed by atoms with van der Waals surface area (Å²) in [5.41, 5.74) is 8.21. The fourth-order valence-corrected chi connectivity index (χ4v) is 2.29. The Morgan fingerprint density at radius 2 is 2.05 bits per heavy atom. The van der Waals surface area contributed by atoms with Crippen molar-refractivity contribution in [2.24, 2.45) is 11.7 Å². The average Bonchev–Trinajstić information content (AvgIpc) is 2.38. The molecule has 0 aromatic heterocycles. The van der Waals surface area contributed by atoms with Crippen LogP contribution in [-0.4, -0.2) is 18.5 Å². The van der Waals surface area contributed by atoms with E-state index in [1.807, 2.05) is 19.1 Å². The van der Waals surface area contributed by atoms with Crippen LogP contribution in [0.1, 0.15) is 37.8 Å². The molecule has 106 valence electrons. The zero-order chi connectivity index (χ0) is 14.3. The maximum atomic E-state index is 12.1. The first-order valence-corrected chi connectivity index (χ1v) is 7.13. The minimum Gasteiger partial charge on any atom is -0.353 e. The van der Waals surface area contributed by atoms with Gasteiger partial charge in [-0.05, 0) is 37.8 Å². The number of hydrogen-bond donors (Lipinski definition) is 2. The zero-order valence-corrected chi connectivity index (χ0v) is 12.3. The summed E-state index contributed by atoms with van der Waals surface area (Å²) in [5, 5.41) is 3.07. The van der Waals surface area contributed by atoms with Crippen molar-refractivity contribution in [3.05, 3.63) is 35.4 Å². The van der Waals surface area contributed by atoms with Crippen molar-refractivity contribution in [1.82, 2.24) is 5.32 Å². The van der Waals surface area contributed by atoms with E-state index >= 15 is 0 Å². The Morgan fingerprint density at radius 1 is 1.37 bits per heavy atom. The molecule has 0 aliphatic heterocycles. The van der Waals surface area contributed by atoms with E-state index in [0.29, 0.717) is 6.54 Å². The monoisotopic (exact) mass is 262 g/mol. The van der Waals surface area contributed by atoms with Crippen molar-refractivity contribution in [2.75, 3.05) is 6.54 Å². The molecule has 0 heterocycles. The van der Waals surface area contributed by atoms with E-state index in [-0.39, 0.29) is 17.9 Å². The van der Waals surface area contributed by atoms with E-state index in [2.05, 4.69) is 31.3 Å². The minimum atomic E-state index is -0.0516. The van der Waals surface area contributed by atoms with Crippen LogP contribution in [0.5, 0.6) is 0 Å². The lowest BCUT2D eigenvalue weighted by molar-refractivity contribution is -0.125. The summed E-state index contributed by atoms with van der Waals surface area (Å²) >= 11 is 0. The van der Waals surface area contributed by atoms with Gasteiger partial charge in [-0.15, -0.1) is 0 Å². The normalized spacial score (nSPS) is 13.9. The maximum absolute atomic E-state index is 12.1. The van der Waals surface area contributed by atoms with Gasteiger partial charge in [0.2, 0.25) is 5.91 Å². The molecule has 0 saturated heterocycles. The second kappa shape index (κ2) is 7.95. The van der Waals surface area contributed by atoms with E-state index in [4.69, 9.17) is 5.73 Å². The van der Waals surface area contributed by atoms with Crippen molar-refractivity contribution in [2.45, 2.75) is 46.1 Å². The predicted molar refractivity (Wildman–Crippen MR) is 79.9 cm³/mol. The Morgan fingerprint density at radius 3 is 2.63 bits per heavy atom. The first kappa shape index (κ1) is 15.7. The maximum Gasteiger partial charge on any atom is 0.224 e. The molecule has 19 heavy (non-hydrogen) atoms. The van der Waals surface area contributed by atoms with Crippen LogP contribution in [0.15, 0.2) is 24.3 Å². The molecule has 1 aromatic carbocycles. The third-order valence-corrected chi connectivity index (χ3v) is 3.47. The van der Waals surface area contributed by atoms with E-state index in [9.17, 15) is 4.79 Å². The fourth-order valence-electron chi connectivity index (χ4n) is 2.29. The largest absolute Gasteiger partial charge is 0.353 e. The van der Waals surface area contributed by atoms with Gasteiger partial charge in [-0.25, -0.2) is 0 Å². The van der Waals surface area contributed by atoms with Gasteiger partial charge in [-0.3, -0.25) is 4.79 Å². The second-order valence-corrected chi connectivity index (χ2v) is 5.26. The second-order valence-electron chi connectivity index (χ2n) is 5.26. The van der Waals surface area contributed by atoms with E-state index in [1.54, 1.807) is 0 Å². The molecular formula is C16H26N2O. The quantitative estimate of drug-likeness (QED) is 0.793. The lowest BCUT2D eigenvalue weighted by Crippen LogP contribution is -2.40. The minimum absolute atomic E-state index is 0.0516. The summed E-state index contributed by atoms with van der Waals surface area (Å²) in [6, 6.07) is 8.43. The van der Waals surface area contributed by atoms with E-state index in [1.165, 1.54) is 11.1 Å². The zero-order valence-electron chi connectivity index (χ0n) is 12.3. The Labute approximate surface area is 116 Å². The van der Waals surface area contributed by atoms with Crippen molar-refractivity contribution in [1.29, 1.82) is 0 Å². The summed E-state index contributed by atoms with van der Waals surface area (Å²) < 4.78 is 0. The summed E-state index contributed by atoms with van der Waals surface area (Å²) in [7, 11) is 0. The number of nitrogens with one attached hydrogen (secondary N) is 1. The third-order valence-electron chi connectivity index (χ3n) is 3.47. The molecule has 3 nitrogen and oxygen atoms in total. The van der Waals surface area contributed by atoms with Crippen LogP contribution < -0.4 is 11.1 Å². The molecule has 0 radical (unpaired) electrons. The van der Waals surface area contributed by atoms with Crippen LogP contribution in [0, 0.1) is 12.8 Å². The summed E-state index contributed by atoms with van der Waals surface area (Å²) in [6.07, 6.45) is 2.71. The van der Waals surface area contributed by atoms with Crippen LogP contribution in [0.3, 0.4) is 0 Å². The van der Waals surface area contributed by atoms with Crippen LogP contribution in [-0.2, 0) is 11.2 Å². The number of hydrogen-bond acceptors (Lipinski definition) is 2. The van der Waals surface area contributed by atoms with Gasteiger partial charge in [-0.1, -0.05) is 37.6 Å². The molecule has 1 rings (SSSR count). The SMILES string of the molecule is CCCC(CN)C(=O)NC(C)Cc1ccccc1C. The van der Waals surface area contributed by atoms with Crippen molar-refractivity contribution < 1.29 is 4.79 Å². The van der Waals surface area contributed by atoms with Crippen molar-refractivity contribution in [3.8, 4) is 0 Å². The summed E-state index contributed by atoms with van der Waals surface area (Å²) in [6.45, 7) is 6.65. The highest BCUT2D eigenvalue weighted by atomic mass is 16.1. The molecule has 2 atom stereocenters. The number of benzene rings is 1. The van der Waals surface area contributed by atoms with Crippen LogP contribution in [0.25, 0.3) is 0 Å². The van der Waals surface area contributed by atoms with Crippen LogP contribution >= 0.6 is 0 Å². The molecule has 0 spiro atoms. The fraction of sp³-hybridized carbons (Fsp3) is 0.562. The lowest BCUT2D eigenvalue weighted by atomic mass is 10.00. The number of aryl methyl sites for hydroxylation is 1. The van der Waals surface area contributed by atoms with E-state index < -0.39 is 0 Å². The number of amides is 1. The molecule has 0 aliphatic rings. The number of carbonyl (C=O) groups is 1. The molecule has 0 bridgehead atoms. The van der Waals surface area contributed by atoms with Gasteiger partial charge in [0.1, 0.15) is 0 Å². The third kappa shape index (κ3) is 5.03. The Bertz CT molecular complexity index is 403. The van der Waals surface area contributed by atoms with Crippen LogP contribution in [0.2, 0.25) is 0 Å². The molecule has 0 fully saturated rings. The highest BCUT2D eigenvalue weighted by Crippen LogP contribution is 2.11. The van der Waals surface area contributed by atoms with Crippen LogP contribution in [0.4, 0.5) is 0 Å². The topological polar surface area (TPSA) is 55.1 Å². The van der Waals surface area contributed by atoms with Gasteiger partial charge < -0.3 is 11.1 Å². The summed E-state index contributed by atoms with van der Waals surface area (Å²) in [5.74, 6) is 0.0368. The van der Waals surface area contributed by atoms with E-state index in [0.717, 1.165) is 19.3 Å². The molecule has 3 heteroatoms. The van der Waals surface area contributed by atoms with Gasteiger partial charge in [0.25, 0.3) is 0 Å². The Kier molecular flexibility index (Phi) is 6.57. The Balaban J connectivity index is 2.53. The molecule has 0 aliphatic carbocycles. The highest BCUT2D eigenvalue weighted by molar-refractivity contribution is 5.79. The smallest absolute Gasteiger partial charge is 0.224 e. The molecule has 0 saturated carbocycles. The standard InChI is InChI=1S/C16H26N2O/c1-4-7-15(11-17)16(19)18-13(3)10-14-9-6-5-8-12(14)2/h5-6,8-9,13,15H,4,7,10-11,17H2,1-3H3,(H,18,19). The van der Waals surface area contributed by atoms with Gasteiger partial charge in [-0.2, -0.15) is 0 Å². The van der Waals surface area contributed by atoms with Crippen molar-refractivity contribution >= 4 is 5.91 Å². The van der Waals surface area contributed by atoms with Gasteiger partial charge in [0.15, 0.2) is 0 Å².